The first-order valence-corrected chi connectivity index (χ1v) is 7.55. The minimum Gasteiger partial charge on any atom is -0.492 e. The van der Waals surface area contributed by atoms with Gasteiger partial charge in [-0.2, -0.15) is 0 Å². The molecule has 3 N–H and O–H groups in total. The number of aromatic nitrogens is 1. The van der Waals surface area contributed by atoms with Crippen molar-refractivity contribution in [2.45, 2.75) is 6.54 Å². The molecule has 2 rings (SSSR count). The van der Waals surface area contributed by atoms with Gasteiger partial charge in [0.1, 0.15) is 18.6 Å². The van der Waals surface area contributed by atoms with Crippen molar-refractivity contribution in [3.63, 3.8) is 0 Å². The van der Waals surface area contributed by atoms with Crippen LogP contribution in [0.5, 0.6) is 5.75 Å². The molecule has 0 aliphatic carbocycles. The number of anilines is 1. The molecule has 0 amide bonds. The lowest BCUT2D eigenvalue weighted by atomic mass is 10.3. The van der Waals surface area contributed by atoms with Gasteiger partial charge in [0.2, 0.25) is 10.0 Å². The van der Waals surface area contributed by atoms with E-state index in [0.29, 0.717) is 17.1 Å². The summed E-state index contributed by atoms with van der Waals surface area (Å²) in [6.07, 6.45) is 1.38. The summed E-state index contributed by atoms with van der Waals surface area (Å²) < 4.78 is 35.8. The van der Waals surface area contributed by atoms with Gasteiger partial charge in [-0.05, 0) is 12.1 Å². The lowest BCUT2D eigenvalue weighted by Crippen LogP contribution is -2.28. The zero-order chi connectivity index (χ0) is 14.4. The highest BCUT2D eigenvalue weighted by atomic mass is 32.2. The molecule has 20 heavy (non-hydrogen) atoms. The second kappa shape index (κ2) is 6.40. The van der Waals surface area contributed by atoms with E-state index in [2.05, 4.69) is 14.4 Å². The predicted octanol–water partition coefficient (Wildman–Crippen LogP) is 0.755. The molecule has 0 atom stereocenters. The van der Waals surface area contributed by atoms with Crippen molar-refractivity contribution in [1.82, 2.24) is 9.88 Å². The first kappa shape index (κ1) is 14.4. The highest BCUT2D eigenvalue weighted by molar-refractivity contribution is 7.89. The molecule has 0 saturated carbocycles. The highest BCUT2D eigenvalue weighted by Gasteiger charge is 2.11. The molecule has 1 aromatic heterocycles. The zero-order valence-electron chi connectivity index (χ0n) is 10.7. The van der Waals surface area contributed by atoms with Gasteiger partial charge in [-0.15, -0.1) is 0 Å². The summed E-state index contributed by atoms with van der Waals surface area (Å²) in [7, 11) is -3.43. The number of nitrogens with zero attached hydrogens (tertiary/aromatic N) is 1. The quantitative estimate of drug-likeness (QED) is 0.730. The fraction of sp³-hybridized carbons (Fsp3) is 0.250. The molecule has 0 radical (unpaired) electrons. The SMILES string of the molecule is Nc1cccc(OCCS(=O)(=O)NCc2ccon2)c1. The van der Waals surface area contributed by atoms with Gasteiger partial charge in [-0.3, -0.25) is 0 Å². The van der Waals surface area contributed by atoms with Gasteiger partial charge in [0.05, 0.1) is 18.0 Å². The largest absolute Gasteiger partial charge is 0.492 e. The molecule has 0 spiro atoms. The summed E-state index contributed by atoms with van der Waals surface area (Å²) in [6, 6.07) is 8.40. The van der Waals surface area contributed by atoms with Crippen LogP contribution in [0.4, 0.5) is 5.69 Å². The Hall–Kier alpha value is -2.06. The van der Waals surface area contributed by atoms with Crippen molar-refractivity contribution in [2.75, 3.05) is 18.1 Å². The summed E-state index contributed by atoms with van der Waals surface area (Å²) in [4.78, 5) is 0. The van der Waals surface area contributed by atoms with Crippen LogP contribution in [0.25, 0.3) is 0 Å². The van der Waals surface area contributed by atoms with Crippen LogP contribution in [-0.4, -0.2) is 25.9 Å². The van der Waals surface area contributed by atoms with Crippen LogP contribution in [0.3, 0.4) is 0 Å². The summed E-state index contributed by atoms with van der Waals surface area (Å²) in [5.41, 5.74) is 6.67. The molecule has 1 heterocycles. The number of nitrogens with two attached hydrogens (primary N) is 1. The molecule has 1 aromatic carbocycles. The Bertz CT molecular complexity index is 640. The van der Waals surface area contributed by atoms with Gasteiger partial charge >= 0.3 is 0 Å². The lowest BCUT2D eigenvalue weighted by Gasteiger charge is -2.08. The Morgan fingerprint density at radius 2 is 2.20 bits per heavy atom. The van der Waals surface area contributed by atoms with Crippen molar-refractivity contribution in [3.05, 3.63) is 42.3 Å². The van der Waals surface area contributed by atoms with E-state index < -0.39 is 10.0 Å². The van der Waals surface area contributed by atoms with Crippen LogP contribution < -0.4 is 15.2 Å². The van der Waals surface area contributed by atoms with Crippen LogP contribution in [-0.2, 0) is 16.6 Å². The first-order chi connectivity index (χ1) is 9.55. The normalized spacial score (nSPS) is 11.4. The van der Waals surface area contributed by atoms with Gasteiger partial charge in [-0.1, -0.05) is 11.2 Å². The van der Waals surface area contributed by atoms with Crippen molar-refractivity contribution < 1.29 is 17.7 Å². The van der Waals surface area contributed by atoms with Gasteiger partial charge in [0.15, 0.2) is 0 Å². The van der Waals surface area contributed by atoms with E-state index in [9.17, 15) is 8.42 Å². The smallest absolute Gasteiger partial charge is 0.215 e. The molecule has 0 bridgehead atoms. The van der Waals surface area contributed by atoms with Crippen LogP contribution in [0.2, 0.25) is 0 Å². The van der Waals surface area contributed by atoms with Crippen LogP contribution in [0, 0.1) is 0 Å². The van der Waals surface area contributed by atoms with Gasteiger partial charge in [0, 0.05) is 17.8 Å². The van der Waals surface area contributed by atoms with Crippen LogP contribution in [0.15, 0.2) is 41.1 Å². The topological polar surface area (TPSA) is 107 Å². The fourth-order valence-corrected chi connectivity index (χ4v) is 2.27. The number of hydrogen-bond acceptors (Lipinski definition) is 6. The molecule has 0 fully saturated rings. The number of sulfonamides is 1. The number of ether oxygens (including phenoxy) is 1. The Labute approximate surface area is 116 Å². The molecular formula is C12H15N3O4S. The molecule has 108 valence electrons. The third-order valence-electron chi connectivity index (χ3n) is 2.44. The maximum atomic E-state index is 11.7. The highest BCUT2D eigenvalue weighted by Crippen LogP contribution is 2.14. The number of benzene rings is 1. The average molecular weight is 297 g/mol. The molecular weight excluding hydrogens is 282 g/mol. The molecule has 0 aliphatic heterocycles. The molecule has 7 nitrogen and oxygen atoms in total. The lowest BCUT2D eigenvalue weighted by molar-refractivity contribution is 0.340. The van der Waals surface area contributed by atoms with Gasteiger partial charge in [0.25, 0.3) is 0 Å². The third kappa shape index (κ3) is 4.56. The molecule has 0 unspecified atom stereocenters. The minimum atomic E-state index is -3.43. The number of nitrogens with one attached hydrogen (secondary N) is 1. The summed E-state index contributed by atoms with van der Waals surface area (Å²) >= 11 is 0. The van der Waals surface area contributed by atoms with E-state index in [-0.39, 0.29) is 18.9 Å². The van der Waals surface area contributed by atoms with Crippen molar-refractivity contribution in [2.24, 2.45) is 0 Å². The summed E-state index contributed by atoms with van der Waals surface area (Å²) in [5, 5.41) is 3.61. The Morgan fingerprint density at radius 3 is 2.90 bits per heavy atom. The average Bonchev–Trinajstić information content (AvgIpc) is 2.89. The van der Waals surface area contributed by atoms with Crippen molar-refractivity contribution in [1.29, 1.82) is 0 Å². The van der Waals surface area contributed by atoms with E-state index in [4.69, 9.17) is 10.5 Å². The summed E-state index contributed by atoms with van der Waals surface area (Å²) in [6.45, 7) is 0.134. The first-order valence-electron chi connectivity index (χ1n) is 5.90. The molecule has 2 aromatic rings. The molecule has 0 saturated heterocycles. The van der Waals surface area contributed by atoms with Gasteiger partial charge < -0.3 is 15.0 Å². The second-order valence-electron chi connectivity index (χ2n) is 4.05. The molecule has 0 aliphatic rings. The number of hydrogen-bond donors (Lipinski definition) is 2. The number of rotatable bonds is 7. The Balaban J connectivity index is 1.77. The van der Waals surface area contributed by atoms with Crippen molar-refractivity contribution >= 4 is 15.7 Å². The van der Waals surface area contributed by atoms with E-state index in [1.807, 2.05) is 0 Å². The molecule has 8 heteroatoms. The second-order valence-corrected chi connectivity index (χ2v) is 5.98. The zero-order valence-corrected chi connectivity index (χ0v) is 11.5. The number of nitrogen functional groups attached to an aromatic ring is 1. The third-order valence-corrected chi connectivity index (χ3v) is 3.73. The van der Waals surface area contributed by atoms with Gasteiger partial charge in [-0.25, -0.2) is 13.1 Å². The maximum absolute atomic E-state index is 11.7. The van der Waals surface area contributed by atoms with Crippen molar-refractivity contribution in [3.8, 4) is 5.75 Å². The van der Waals surface area contributed by atoms with E-state index in [1.54, 1.807) is 30.3 Å². The summed E-state index contributed by atoms with van der Waals surface area (Å²) in [5.74, 6) is 0.385. The standard InChI is InChI=1S/C12H15N3O4S/c13-10-2-1-3-12(8-10)18-6-7-20(16,17)14-9-11-4-5-19-15-11/h1-5,8,14H,6-7,9,13H2. The Kier molecular flexibility index (Phi) is 4.59. The van der Waals surface area contributed by atoms with E-state index in [1.165, 1.54) is 6.26 Å². The van der Waals surface area contributed by atoms with E-state index in [0.717, 1.165) is 0 Å². The fourth-order valence-electron chi connectivity index (χ4n) is 1.46. The minimum absolute atomic E-state index is 0.0393. The maximum Gasteiger partial charge on any atom is 0.215 e. The van der Waals surface area contributed by atoms with Crippen LogP contribution in [0.1, 0.15) is 5.69 Å². The Morgan fingerprint density at radius 1 is 1.35 bits per heavy atom. The van der Waals surface area contributed by atoms with E-state index >= 15 is 0 Å². The van der Waals surface area contributed by atoms with Crippen LogP contribution >= 0.6 is 0 Å². The predicted molar refractivity (Wildman–Crippen MR) is 73.5 cm³/mol. The monoisotopic (exact) mass is 297 g/mol.